The lowest BCUT2D eigenvalue weighted by Gasteiger charge is -2.37. The molecule has 0 spiro atoms. The molecule has 0 bridgehead atoms. The van der Waals surface area contributed by atoms with Gasteiger partial charge in [0.1, 0.15) is 0 Å². The Balaban J connectivity index is 2.45. The molecule has 0 saturated heterocycles. The van der Waals surface area contributed by atoms with Crippen molar-refractivity contribution in [3.05, 3.63) is 11.5 Å². The van der Waals surface area contributed by atoms with E-state index in [1.165, 1.54) is 5.47 Å². The maximum absolute atomic E-state index is 9.90. The Kier molecular flexibility index (Phi) is 3.98. The van der Waals surface area contributed by atoms with Crippen LogP contribution in [0.3, 0.4) is 0 Å². The van der Waals surface area contributed by atoms with E-state index in [2.05, 4.69) is 11.4 Å². The van der Waals surface area contributed by atoms with Gasteiger partial charge in [0.05, 0.1) is 24.3 Å². The second kappa shape index (κ2) is 4.68. The maximum Gasteiger partial charge on any atom is 0.332 e. The lowest BCUT2D eigenvalue weighted by atomic mass is 9.81. The number of aliphatic hydroxyl groups is 1. The van der Waals surface area contributed by atoms with Gasteiger partial charge in [-0.3, -0.25) is 0 Å². The van der Waals surface area contributed by atoms with Gasteiger partial charge in [-0.25, -0.2) is 0 Å². The van der Waals surface area contributed by atoms with Crippen molar-refractivity contribution >= 4 is 7.48 Å². The summed E-state index contributed by atoms with van der Waals surface area (Å²) in [6.07, 6.45) is 3.29. The van der Waals surface area contributed by atoms with Gasteiger partial charge in [-0.05, 0) is 33.2 Å². The summed E-state index contributed by atoms with van der Waals surface area (Å²) in [7, 11) is 1.79. The van der Waals surface area contributed by atoms with Crippen LogP contribution in [0.1, 0.15) is 34.1 Å². The highest BCUT2D eigenvalue weighted by Gasteiger charge is 2.36. The van der Waals surface area contributed by atoms with Gasteiger partial charge in [-0.2, -0.15) is 0 Å². The lowest BCUT2D eigenvalue weighted by molar-refractivity contribution is -0.648. The van der Waals surface area contributed by atoms with Gasteiger partial charge in [-0.1, -0.05) is 6.08 Å². The van der Waals surface area contributed by atoms with Crippen LogP contribution < -0.4 is 5.32 Å². The third-order valence-corrected chi connectivity index (χ3v) is 3.14. The average Bonchev–Trinajstić information content (AvgIpc) is 2.15. The van der Waals surface area contributed by atoms with Crippen LogP contribution in [0, 0.1) is 0 Å². The van der Waals surface area contributed by atoms with Gasteiger partial charge in [0, 0.05) is 6.42 Å². The first kappa shape index (κ1) is 12.8. The second-order valence-electron chi connectivity index (χ2n) is 5.15. The molecule has 0 aromatic carbocycles. The first-order valence-electron chi connectivity index (χ1n) is 5.57. The molecule has 0 fully saturated rings. The molecular weight excluding hydrogens is 189 g/mol. The molecule has 0 aromatic rings. The van der Waals surface area contributed by atoms with E-state index in [4.69, 9.17) is 4.65 Å². The molecule has 4 heteroatoms. The zero-order chi connectivity index (χ0) is 11.5. The predicted octanol–water partition coefficient (Wildman–Crippen LogP) is 0.0227. The fourth-order valence-corrected chi connectivity index (χ4v) is 1.20. The molecule has 0 aliphatic carbocycles. The smallest absolute Gasteiger partial charge is 0.332 e. The van der Waals surface area contributed by atoms with Crippen LogP contribution >= 0.6 is 0 Å². The van der Waals surface area contributed by atoms with Crippen molar-refractivity contribution in [2.24, 2.45) is 0 Å². The summed E-state index contributed by atoms with van der Waals surface area (Å²) in [5.41, 5.74) is -0.202. The zero-order valence-corrected chi connectivity index (χ0v) is 10.2. The van der Waals surface area contributed by atoms with E-state index in [0.717, 1.165) is 19.5 Å². The summed E-state index contributed by atoms with van der Waals surface area (Å²) in [6.45, 7) is 9.46. The van der Waals surface area contributed by atoms with E-state index < -0.39 is 11.2 Å². The topological polar surface area (TPSA) is 46.1 Å². The number of hydrogen-bond acceptors (Lipinski definition) is 2. The van der Waals surface area contributed by atoms with E-state index >= 15 is 0 Å². The normalized spacial score (nSPS) is 18.6. The molecule has 0 amide bonds. The van der Waals surface area contributed by atoms with Crippen LogP contribution in [0.4, 0.5) is 0 Å². The summed E-state index contributed by atoms with van der Waals surface area (Å²) in [4.78, 5) is 0. The van der Waals surface area contributed by atoms with Gasteiger partial charge in [0.15, 0.2) is 0 Å². The van der Waals surface area contributed by atoms with Crippen molar-refractivity contribution in [1.29, 1.82) is 0 Å². The first-order valence-corrected chi connectivity index (χ1v) is 5.57. The maximum atomic E-state index is 9.90. The summed E-state index contributed by atoms with van der Waals surface area (Å²) < 4.78 is 5.67. The van der Waals surface area contributed by atoms with Gasteiger partial charge >= 0.3 is 7.48 Å². The van der Waals surface area contributed by atoms with Crippen LogP contribution in [0.5, 0.6) is 0 Å². The molecule has 0 aromatic heterocycles. The summed E-state index contributed by atoms with van der Waals surface area (Å²) in [5.74, 6) is 0. The fraction of sp³-hybridized carbons (Fsp3) is 0.818. The van der Waals surface area contributed by atoms with Crippen molar-refractivity contribution in [1.82, 2.24) is 0 Å². The third kappa shape index (κ3) is 3.63. The minimum absolute atomic E-state index is 0.564. The number of quaternary nitrogens is 1. The van der Waals surface area contributed by atoms with Crippen LogP contribution in [0.2, 0.25) is 0 Å². The average molecular weight is 211 g/mol. The van der Waals surface area contributed by atoms with Crippen molar-refractivity contribution in [2.75, 3.05) is 13.1 Å². The molecule has 1 aliphatic heterocycles. The Morgan fingerprint density at radius 1 is 1.40 bits per heavy atom. The van der Waals surface area contributed by atoms with Gasteiger partial charge in [0.25, 0.3) is 0 Å². The van der Waals surface area contributed by atoms with Gasteiger partial charge < -0.3 is 15.1 Å². The van der Waals surface area contributed by atoms with E-state index in [1.807, 2.05) is 13.8 Å². The van der Waals surface area contributed by atoms with Crippen molar-refractivity contribution in [2.45, 2.75) is 45.3 Å². The van der Waals surface area contributed by atoms with Crippen molar-refractivity contribution < 1.29 is 15.1 Å². The molecule has 0 atom stereocenters. The Bertz CT molecular complexity index is 243. The van der Waals surface area contributed by atoms with Gasteiger partial charge in [0.2, 0.25) is 0 Å². The Morgan fingerprint density at radius 3 is 2.53 bits per heavy atom. The largest absolute Gasteiger partial charge is 0.427 e. The van der Waals surface area contributed by atoms with Crippen LogP contribution in [-0.4, -0.2) is 36.9 Å². The molecule has 1 radical (unpaired) electrons. The Morgan fingerprint density at radius 2 is 2.07 bits per heavy atom. The monoisotopic (exact) mass is 211 g/mol. The van der Waals surface area contributed by atoms with Crippen LogP contribution in [-0.2, 0) is 4.65 Å². The molecule has 0 saturated carbocycles. The molecule has 0 unspecified atom stereocenters. The van der Waals surface area contributed by atoms with Crippen LogP contribution in [0.15, 0.2) is 11.5 Å². The van der Waals surface area contributed by atoms with Gasteiger partial charge in [-0.15, -0.1) is 0 Å². The summed E-state index contributed by atoms with van der Waals surface area (Å²) in [6, 6.07) is 0. The highest BCUT2D eigenvalue weighted by atomic mass is 16.5. The quantitative estimate of drug-likeness (QED) is 0.644. The minimum atomic E-state index is -0.845. The van der Waals surface area contributed by atoms with Crippen LogP contribution in [0.25, 0.3) is 0 Å². The number of nitrogens with two attached hydrogens (primary N) is 1. The minimum Gasteiger partial charge on any atom is -0.427 e. The SMILES string of the molecule is CC(C)(O)C(C)(C)O[B]C1=CCC[NH2+]C1. The predicted molar refractivity (Wildman–Crippen MR) is 61.6 cm³/mol. The second-order valence-corrected chi connectivity index (χ2v) is 5.15. The Hall–Kier alpha value is -0.315. The molecule has 1 aliphatic rings. The van der Waals surface area contributed by atoms with Crippen molar-refractivity contribution in [3.8, 4) is 0 Å². The molecule has 3 N–H and O–H groups in total. The zero-order valence-electron chi connectivity index (χ0n) is 10.2. The fourth-order valence-electron chi connectivity index (χ4n) is 1.20. The van der Waals surface area contributed by atoms with E-state index in [0.29, 0.717) is 0 Å². The Labute approximate surface area is 93.2 Å². The summed E-state index contributed by atoms with van der Waals surface area (Å²) >= 11 is 0. The molecule has 15 heavy (non-hydrogen) atoms. The third-order valence-electron chi connectivity index (χ3n) is 3.14. The van der Waals surface area contributed by atoms with E-state index in [9.17, 15) is 5.11 Å². The standard InChI is InChI=1S/C11H21BNO2/c1-10(2,14)11(3,4)15-12-9-6-5-7-13-8-9/h6,13-14H,5,7-8H2,1-4H3/p+1. The lowest BCUT2D eigenvalue weighted by Crippen LogP contribution is -2.85. The number of hydrogen-bond donors (Lipinski definition) is 2. The highest BCUT2D eigenvalue weighted by Crippen LogP contribution is 2.24. The molecule has 85 valence electrons. The highest BCUT2D eigenvalue weighted by molar-refractivity contribution is 6.38. The number of rotatable bonds is 4. The van der Waals surface area contributed by atoms with Crippen molar-refractivity contribution in [3.63, 3.8) is 0 Å². The van der Waals surface area contributed by atoms with E-state index in [1.54, 1.807) is 21.3 Å². The molecular formula is C11H22BNO2+. The molecule has 1 heterocycles. The first-order chi connectivity index (χ1) is 6.83. The molecule has 3 nitrogen and oxygen atoms in total. The van der Waals surface area contributed by atoms with E-state index in [-0.39, 0.29) is 0 Å². The molecule has 1 rings (SSSR count). The summed E-state index contributed by atoms with van der Waals surface area (Å²) in [5, 5.41) is 12.2.